The second kappa shape index (κ2) is 7.41. The molecule has 4 nitrogen and oxygen atoms in total. The van der Waals surface area contributed by atoms with Gasteiger partial charge in [-0.05, 0) is 37.3 Å². The van der Waals surface area contributed by atoms with E-state index < -0.39 is 0 Å². The first-order valence-corrected chi connectivity index (χ1v) is 7.39. The van der Waals surface area contributed by atoms with E-state index in [9.17, 15) is 9.90 Å². The fourth-order valence-corrected chi connectivity index (χ4v) is 2.75. The normalized spacial score (nSPS) is 24.1. The van der Waals surface area contributed by atoms with Crippen molar-refractivity contribution < 1.29 is 9.90 Å². The summed E-state index contributed by atoms with van der Waals surface area (Å²) in [4.78, 5) is 12.3. The number of piperidine rings is 1. The molecule has 1 aliphatic rings. The Bertz CT molecular complexity index is 422. The van der Waals surface area contributed by atoms with Crippen LogP contribution < -0.4 is 10.6 Å². The van der Waals surface area contributed by atoms with Gasteiger partial charge in [0.1, 0.15) is 0 Å². The van der Waals surface area contributed by atoms with Crippen molar-refractivity contribution in [2.24, 2.45) is 5.92 Å². The van der Waals surface area contributed by atoms with E-state index in [1.54, 1.807) is 0 Å². The minimum Gasteiger partial charge on any atom is -0.394 e. The minimum atomic E-state index is -0.221. The SMILES string of the molecule is CC1CCCNC1C(=O)N[C@H](CO)Cc1ccccc1. The lowest BCUT2D eigenvalue weighted by atomic mass is 9.92. The number of aliphatic hydroxyl groups is 1. The zero-order valence-electron chi connectivity index (χ0n) is 12.0. The maximum Gasteiger partial charge on any atom is 0.237 e. The molecule has 1 saturated heterocycles. The smallest absolute Gasteiger partial charge is 0.237 e. The molecule has 2 rings (SSSR count). The summed E-state index contributed by atoms with van der Waals surface area (Å²) in [5, 5.41) is 15.7. The summed E-state index contributed by atoms with van der Waals surface area (Å²) in [5.74, 6) is 0.354. The van der Waals surface area contributed by atoms with Crippen LogP contribution in [0.2, 0.25) is 0 Å². The molecule has 3 N–H and O–H groups in total. The molecule has 0 radical (unpaired) electrons. The average molecular weight is 276 g/mol. The molecule has 0 saturated carbocycles. The Balaban J connectivity index is 1.90. The van der Waals surface area contributed by atoms with Crippen molar-refractivity contribution in [1.29, 1.82) is 0 Å². The molecule has 4 heteroatoms. The van der Waals surface area contributed by atoms with E-state index in [4.69, 9.17) is 0 Å². The van der Waals surface area contributed by atoms with Crippen LogP contribution in [0, 0.1) is 5.92 Å². The Labute approximate surface area is 120 Å². The molecule has 3 atom stereocenters. The Kier molecular flexibility index (Phi) is 5.56. The van der Waals surface area contributed by atoms with E-state index in [0.717, 1.165) is 24.9 Å². The minimum absolute atomic E-state index is 0.00665. The third-order valence-electron chi connectivity index (χ3n) is 3.94. The molecule has 1 fully saturated rings. The summed E-state index contributed by atoms with van der Waals surface area (Å²) in [5.41, 5.74) is 1.12. The van der Waals surface area contributed by atoms with E-state index in [1.807, 2.05) is 30.3 Å². The van der Waals surface area contributed by atoms with Crippen LogP contribution in [0.1, 0.15) is 25.3 Å². The quantitative estimate of drug-likeness (QED) is 0.754. The van der Waals surface area contributed by atoms with Gasteiger partial charge in [0.25, 0.3) is 0 Å². The summed E-state index contributed by atoms with van der Waals surface area (Å²) >= 11 is 0. The van der Waals surface area contributed by atoms with Crippen molar-refractivity contribution >= 4 is 5.91 Å². The zero-order chi connectivity index (χ0) is 14.4. The van der Waals surface area contributed by atoms with Gasteiger partial charge in [0.15, 0.2) is 0 Å². The standard InChI is InChI=1S/C16H24N2O2/c1-12-6-5-9-17-15(12)16(20)18-14(11-19)10-13-7-3-2-4-8-13/h2-4,7-8,12,14-15,17,19H,5-6,9-11H2,1H3,(H,18,20)/t12?,14-,15?/m0/s1. The van der Waals surface area contributed by atoms with Crippen molar-refractivity contribution in [3.8, 4) is 0 Å². The van der Waals surface area contributed by atoms with Gasteiger partial charge in [-0.3, -0.25) is 4.79 Å². The summed E-state index contributed by atoms with van der Waals surface area (Å²) < 4.78 is 0. The van der Waals surface area contributed by atoms with Crippen LogP contribution >= 0.6 is 0 Å². The molecular weight excluding hydrogens is 252 g/mol. The zero-order valence-corrected chi connectivity index (χ0v) is 12.0. The molecule has 0 aliphatic carbocycles. The van der Waals surface area contributed by atoms with Crippen molar-refractivity contribution in [2.45, 2.75) is 38.3 Å². The molecule has 1 aromatic carbocycles. The van der Waals surface area contributed by atoms with Gasteiger partial charge in [0, 0.05) is 0 Å². The number of amides is 1. The number of benzene rings is 1. The molecule has 0 aromatic heterocycles. The molecular formula is C16H24N2O2. The fourth-order valence-electron chi connectivity index (χ4n) is 2.75. The van der Waals surface area contributed by atoms with E-state index in [-0.39, 0.29) is 24.6 Å². The van der Waals surface area contributed by atoms with Crippen molar-refractivity contribution in [2.75, 3.05) is 13.2 Å². The Morgan fingerprint density at radius 2 is 2.20 bits per heavy atom. The average Bonchev–Trinajstić information content (AvgIpc) is 2.48. The molecule has 110 valence electrons. The lowest BCUT2D eigenvalue weighted by Crippen LogP contribution is -2.54. The van der Waals surface area contributed by atoms with Crippen LogP contribution in [0.3, 0.4) is 0 Å². The third kappa shape index (κ3) is 4.05. The van der Waals surface area contributed by atoms with Crippen LogP contribution in [-0.4, -0.2) is 36.2 Å². The second-order valence-electron chi connectivity index (χ2n) is 5.63. The molecule has 1 aliphatic heterocycles. The first-order valence-electron chi connectivity index (χ1n) is 7.39. The number of aliphatic hydroxyl groups excluding tert-OH is 1. The number of hydrogen-bond donors (Lipinski definition) is 3. The first kappa shape index (κ1) is 15.0. The molecule has 0 bridgehead atoms. The highest BCUT2D eigenvalue weighted by Crippen LogP contribution is 2.15. The van der Waals surface area contributed by atoms with Gasteiger partial charge in [0.2, 0.25) is 5.91 Å². The van der Waals surface area contributed by atoms with Crippen LogP contribution in [0.25, 0.3) is 0 Å². The van der Waals surface area contributed by atoms with Gasteiger partial charge >= 0.3 is 0 Å². The van der Waals surface area contributed by atoms with Crippen molar-refractivity contribution in [3.05, 3.63) is 35.9 Å². The Morgan fingerprint density at radius 3 is 2.85 bits per heavy atom. The number of carbonyl (C=O) groups excluding carboxylic acids is 1. The topological polar surface area (TPSA) is 61.4 Å². The first-order chi connectivity index (χ1) is 9.70. The van der Waals surface area contributed by atoms with Gasteiger partial charge in [-0.15, -0.1) is 0 Å². The van der Waals surface area contributed by atoms with Crippen molar-refractivity contribution in [3.63, 3.8) is 0 Å². The largest absolute Gasteiger partial charge is 0.394 e. The highest BCUT2D eigenvalue weighted by Gasteiger charge is 2.28. The van der Waals surface area contributed by atoms with E-state index in [1.165, 1.54) is 0 Å². The Morgan fingerprint density at radius 1 is 1.45 bits per heavy atom. The maximum atomic E-state index is 12.3. The monoisotopic (exact) mass is 276 g/mol. The lowest BCUT2D eigenvalue weighted by molar-refractivity contribution is -0.125. The van der Waals surface area contributed by atoms with Gasteiger partial charge in [-0.25, -0.2) is 0 Å². The predicted octanol–water partition coefficient (Wildman–Crippen LogP) is 1.09. The van der Waals surface area contributed by atoms with Crippen LogP contribution in [0.4, 0.5) is 0 Å². The molecule has 2 unspecified atom stereocenters. The molecule has 1 aromatic rings. The summed E-state index contributed by atoms with van der Waals surface area (Å²) in [7, 11) is 0. The second-order valence-corrected chi connectivity index (χ2v) is 5.63. The van der Waals surface area contributed by atoms with Crippen molar-refractivity contribution in [1.82, 2.24) is 10.6 Å². The molecule has 1 amide bonds. The highest BCUT2D eigenvalue weighted by molar-refractivity contribution is 5.82. The van der Waals surface area contributed by atoms with Gasteiger partial charge < -0.3 is 15.7 Å². The van der Waals surface area contributed by atoms with Gasteiger partial charge in [0.05, 0.1) is 18.7 Å². The maximum absolute atomic E-state index is 12.3. The lowest BCUT2D eigenvalue weighted by Gasteiger charge is -2.30. The van der Waals surface area contributed by atoms with E-state index in [0.29, 0.717) is 12.3 Å². The predicted molar refractivity (Wildman–Crippen MR) is 79.4 cm³/mol. The van der Waals surface area contributed by atoms with Crippen LogP contribution in [0.15, 0.2) is 30.3 Å². The van der Waals surface area contributed by atoms with Gasteiger partial charge in [-0.2, -0.15) is 0 Å². The molecule has 20 heavy (non-hydrogen) atoms. The van der Waals surface area contributed by atoms with E-state index in [2.05, 4.69) is 17.6 Å². The van der Waals surface area contributed by atoms with E-state index >= 15 is 0 Å². The molecule has 0 spiro atoms. The van der Waals surface area contributed by atoms with Gasteiger partial charge in [-0.1, -0.05) is 37.3 Å². The summed E-state index contributed by atoms with van der Waals surface area (Å²) in [6, 6.07) is 9.57. The van der Waals surface area contributed by atoms with Crippen LogP contribution in [-0.2, 0) is 11.2 Å². The van der Waals surface area contributed by atoms with Crippen LogP contribution in [0.5, 0.6) is 0 Å². The summed E-state index contributed by atoms with van der Waals surface area (Å²) in [6.45, 7) is 2.95. The highest BCUT2D eigenvalue weighted by atomic mass is 16.3. The summed E-state index contributed by atoms with van der Waals surface area (Å²) in [6.07, 6.45) is 2.86. The number of hydrogen-bond acceptors (Lipinski definition) is 3. The number of carbonyl (C=O) groups is 1. The Hall–Kier alpha value is -1.39. The third-order valence-corrected chi connectivity index (χ3v) is 3.94. The number of rotatable bonds is 5. The molecule has 1 heterocycles. The number of nitrogens with one attached hydrogen (secondary N) is 2. The fraction of sp³-hybridized carbons (Fsp3) is 0.562.